The molecule has 4 rings (SSSR count). The van der Waals surface area contributed by atoms with Gasteiger partial charge in [0, 0.05) is 17.3 Å². The molecule has 0 bridgehead atoms. The fourth-order valence-electron chi connectivity index (χ4n) is 2.94. The average molecular weight is 325 g/mol. The number of carbonyl (C=O) groups is 1. The first kappa shape index (κ1) is 14.7. The molecule has 0 unspecified atom stereocenters. The normalized spacial score (nSPS) is 14.7. The van der Waals surface area contributed by atoms with Crippen molar-refractivity contribution in [2.75, 3.05) is 20.2 Å². The molecule has 1 aromatic carbocycles. The Kier molecular flexibility index (Phi) is 3.45. The van der Waals surface area contributed by atoms with Crippen LogP contribution in [0.2, 0.25) is 0 Å². The molecule has 122 valence electrons. The minimum Gasteiger partial charge on any atom is -0.497 e. The van der Waals surface area contributed by atoms with Crippen molar-refractivity contribution in [1.29, 1.82) is 0 Å². The predicted molar refractivity (Wildman–Crippen MR) is 88.4 cm³/mol. The Hall–Kier alpha value is -2.89. The van der Waals surface area contributed by atoms with Gasteiger partial charge < -0.3 is 9.64 Å². The Morgan fingerprint density at radius 1 is 1.25 bits per heavy atom. The van der Waals surface area contributed by atoms with Crippen molar-refractivity contribution in [1.82, 2.24) is 14.5 Å². The molecule has 6 heteroatoms. The molecule has 24 heavy (non-hydrogen) atoms. The highest BCUT2D eigenvalue weighted by Gasteiger charge is 2.33. The SMILES string of the molecule is COc1ccc(-n2c(C(=O)N3CC(F)C3)cc3cccnc32)cc1. The topological polar surface area (TPSA) is 47.4 Å². The van der Waals surface area contributed by atoms with Crippen molar-refractivity contribution in [2.45, 2.75) is 6.17 Å². The van der Waals surface area contributed by atoms with Crippen LogP contribution in [-0.4, -0.2) is 46.7 Å². The summed E-state index contributed by atoms with van der Waals surface area (Å²) >= 11 is 0. The number of alkyl halides is 1. The van der Waals surface area contributed by atoms with E-state index in [1.807, 2.05) is 41.0 Å². The molecular weight excluding hydrogens is 309 g/mol. The summed E-state index contributed by atoms with van der Waals surface area (Å²) in [5, 5.41) is 0.869. The van der Waals surface area contributed by atoms with Gasteiger partial charge in [0.25, 0.3) is 5.91 Å². The lowest BCUT2D eigenvalue weighted by atomic mass is 10.1. The van der Waals surface area contributed by atoms with Crippen LogP contribution in [0.4, 0.5) is 4.39 Å². The van der Waals surface area contributed by atoms with Gasteiger partial charge in [0.15, 0.2) is 0 Å². The highest BCUT2D eigenvalue weighted by atomic mass is 19.1. The molecule has 0 saturated carbocycles. The van der Waals surface area contributed by atoms with Crippen molar-refractivity contribution in [3.8, 4) is 11.4 Å². The summed E-state index contributed by atoms with van der Waals surface area (Å²) in [6, 6.07) is 13.0. The Bertz CT molecular complexity index is 898. The zero-order valence-corrected chi connectivity index (χ0v) is 13.1. The number of aromatic nitrogens is 2. The number of hydrogen-bond donors (Lipinski definition) is 0. The van der Waals surface area contributed by atoms with Crippen LogP contribution in [0.1, 0.15) is 10.5 Å². The van der Waals surface area contributed by atoms with E-state index in [9.17, 15) is 9.18 Å². The lowest BCUT2D eigenvalue weighted by Crippen LogP contribution is -2.51. The summed E-state index contributed by atoms with van der Waals surface area (Å²) < 4.78 is 20.1. The van der Waals surface area contributed by atoms with Gasteiger partial charge in [-0.1, -0.05) is 0 Å². The summed E-state index contributed by atoms with van der Waals surface area (Å²) in [4.78, 5) is 18.7. The Morgan fingerprint density at radius 3 is 2.67 bits per heavy atom. The van der Waals surface area contributed by atoms with Crippen molar-refractivity contribution in [3.63, 3.8) is 0 Å². The number of hydrogen-bond acceptors (Lipinski definition) is 3. The van der Waals surface area contributed by atoms with E-state index in [2.05, 4.69) is 4.98 Å². The van der Waals surface area contributed by atoms with Crippen LogP contribution in [-0.2, 0) is 0 Å². The van der Waals surface area contributed by atoms with Crippen LogP contribution in [0, 0.1) is 0 Å². The Balaban J connectivity index is 1.85. The molecule has 3 heterocycles. The van der Waals surface area contributed by atoms with Gasteiger partial charge in [-0.25, -0.2) is 9.37 Å². The molecule has 2 aromatic heterocycles. The number of carbonyl (C=O) groups excluding carboxylic acids is 1. The molecule has 0 aliphatic carbocycles. The number of pyridine rings is 1. The molecule has 3 aromatic rings. The predicted octanol–water partition coefficient (Wildman–Crippen LogP) is 2.83. The number of ether oxygens (including phenoxy) is 1. The van der Waals surface area contributed by atoms with Crippen molar-refractivity contribution < 1.29 is 13.9 Å². The van der Waals surface area contributed by atoms with Gasteiger partial charge in [-0.05, 0) is 42.5 Å². The van der Waals surface area contributed by atoms with Crippen LogP contribution >= 0.6 is 0 Å². The zero-order chi connectivity index (χ0) is 16.7. The van der Waals surface area contributed by atoms with E-state index in [4.69, 9.17) is 4.74 Å². The minimum atomic E-state index is -0.925. The molecule has 1 saturated heterocycles. The maximum atomic E-state index is 13.1. The number of rotatable bonds is 3. The number of fused-ring (bicyclic) bond motifs is 1. The van der Waals surface area contributed by atoms with E-state index < -0.39 is 6.17 Å². The van der Waals surface area contributed by atoms with E-state index in [1.165, 1.54) is 4.90 Å². The molecule has 0 spiro atoms. The third-order valence-electron chi connectivity index (χ3n) is 4.24. The van der Waals surface area contributed by atoms with E-state index in [-0.39, 0.29) is 19.0 Å². The second-order valence-electron chi connectivity index (χ2n) is 5.79. The summed E-state index contributed by atoms with van der Waals surface area (Å²) in [7, 11) is 1.60. The lowest BCUT2D eigenvalue weighted by molar-refractivity contribution is 0.0393. The molecular formula is C18H16FN3O2. The first-order valence-electron chi connectivity index (χ1n) is 7.71. The number of methoxy groups -OCH3 is 1. The number of amides is 1. The molecule has 0 atom stereocenters. The van der Waals surface area contributed by atoms with Crippen LogP contribution in [0.3, 0.4) is 0 Å². The van der Waals surface area contributed by atoms with Gasteiger partial charge in [0.2, 0.25) is 0 Å². The van der Waals surface area contributed by atoms with Gasteiger partial charge in [0.05, 0.1) is 20.2 Å². The van der Waals surface area contributed by atoms with Gasteiger partial charge >= 0.3 is 0 Å². The second kappa shape index (κ2) is 5.63. The molecule has 1 aliphatic heterocycles. The highest BCUT2D eigenvalue weighted by Crippen LogP contribution is 2.26. The zero-order valence-electron chi connectivity index (χ0n) is 13.1. The summed E-state index contributed by atoms with van der Waals surface area (Å²) in [6.45, 7) is 0.298. The fourth-order valence-corrected chi connectivity index (χ4v) is 2.94. The quantitative estimate of drug-likeness (QED) is 0.744. The number of benzene rings is 1. The van der Waals surface area contributed by atoms with E-state index in [1.54, 1.807) is 19.4 Å². The average Bonchev–Trinajstić information content (AvgIpc) is 2.98. The number of halogens is 1. The maximum absolute atomic E-state index is 13.1. The van der Waals surface area contributed by atoms with Crippen LogP contribution in [0.15, 0.2) is 48.7 Å². The van der Waals surface area contributed by atoms with Crippen molar-refractivity contribution in [2.24, 2.45) is 0 Å². The largest absolute Gasteiger partial charge is 0.497 e. The third-order valence-corrected chi connectivity index (χ3v) is 4.24. The van der Waals surface area contributed by atoms with Crippen LogP contribution in [0.5, 0.6) is 5.75 Å². The first-order valence-corrected chi connectivity index (χ1v) is 7.71. The summed E-state index contributed by atoms with van der Waals surface area (Å²) in [6.07, 6.45) is 0.767. The lowest BCUT2D eigenvalue weighted by Gasteiger charge is -2.34. The van der Waals surface area contributed by atoms with Gasteiger partial charge in [-0.2, -0.15) is 0 Å². The maximum Gasteiger partial charge on any atom is 0.271 e. The van der Waals surface area contributed by atoms with Gasteiger partial charge in [-0.15, -0.1) is 0 Å². The van der Waals surface area contributed by atoms with Crippen molar-refractivity contribution >= 4 is 16.9 Å². The molecule has 5 nitrogen and oxygen atoms in total. The Morgan fingerprint density at radius 2 is 2.00 bits per heavy atom. The third kappa shape index (κ3) is 2.31. The van der Waals surface area contributed by atoms with Crippen LogP contribution in [0.25, 0.3) is 16.7 Å². The summed E-state index contributed by atoms with van der Waals surface area (Å²) in [5.41, 5.74) is 1.99. The highest BCUT2D eigenvalue weighted by molar-refractivity contribution is 5.99. The van der Waals surface area contributed by atoms with E-state index in [0.29, 0.717) is 11.3 Å². The Labute approximate surface area is 138 Å². The van der Waals surface area contributed by atoms with Gasteiger partial charge in [0.1, 0.15) is 23.3 Å². The van der Waals surface area contributed by atoms with Crippen molar-refractivity contribution in [3.05, 3.63) is 54.4 Å². The molecule has 1 amide bonds. The molecule has 0 N–H and O–H groups in total. The minimum absolute atomic E-state index is 0.149. The van der Waals surface area contributed by atoms with E-state index in [0.717, 1.165) is 16.8 Å². The van der Waals surface area contributed by atoms with Crippen LogP contribution < -0.4 is 4.74 Å². The number of nitrogens with zero attached hydrogens (tertiary/aromatic N) is 3. The van der Waals surface area contributed by atoms with E-state index >= 15 is 0 Å². The first-order chi connectivity index (χ1) is 11.7. The summed E-state index contributed by atoms with van der Waals surface area (Å²) in [5.74, 6) is 0.553. The second-order valence-corrected chi connectivity index (χ2v) is 5.79. The monoisotopic (exact) mass is 325 g/mol. The number of likely N-dealkylation sites (tertiary alicyclic amines) is 1. The molecule has 0 radical (unpaired) electrons. The molecule has 1 aliphatic rings. The standard InChI is InChI=1S/C18H16FN3O2/c1-24-15-6-4-14(5-7-15)22-16(18(23)21-10-13(19)11-21)9-12-3-2-8-20-17(12)22/h2-9,13H,10-11H2,1H3. The fraction of sp³-hybridized carbons (Fsp3) is 0.222. The molecule has 1 fully saturated rings. The van der Waals surface area contributed by atoms with Gasteiger partial charge in [-0.3, -0.25) is 9.36 Å². The smallest absolute Gasteiger partial charge is 0.271 e.